The molecule has 2 spiro atoms. The van der Waals surface area contributed by atoms with Crippen molar-refractivity contribution in [2.24, 2.45) is 23.7 Å². The maximum Gasteiger partial charge on any atom is 0.0746 e. The lowest BCUT2D eigenvalue weighted by atomic mass is 9.43. The van der Waals surface area contributed by atoms with Crippen LogP contribution in [0, 0.1) is 23.7 Å². The Bertz CT molecular complexity index is 3780. The molecule has 4 saturated carbocycles. The Morgan fingerprint density at radius 2 is 0.736 bits per heavy atom. The Labute approximate surface area is 423 Å². The molecule has 72 heavy (non-hydrogen) atoms. The van der Waals surface area contributed by atoms with E-state index in [0.717, 1.165) is 11.8 Å². The van der Waals surface area contributed by atoms with E-state index in [4.69, 9.17) is 0 Å². The monoisotopic (exact) mass is 919 g/mol. The molecule has 0 aromatic heterocycles. The second-order valence-electron chi connectivity index (χ2n) is 21.9. The largest absolute Gasteiger partial charge is 0.310 e. The molecule has 1 atom stereocenters. The quantitative estimate of drug-likeness (QED) is 0.161. The van der Waals surface area contributed by atoms with Crippen molar-refractivity contribution in [3.8, 4) is 66.8 Å². The van der Waals surface area contributed by atoms with Gasteiger partial charge in [-0.05, 0) is 187 Å². The number of fused-ring (bicyclic) bond motifs is 13. The number of rotatable bonds is 6. The summed E-state index contributed by atoms with van der Waals surface area (Å²) in [6.07, 6.45) is 6.87. The summed E-state index contributed by atoms with van der Waals surface area (Å²) in [7, 11) is 0. The number of benzene rings is 10. The molecule has 1 nitrogen and oxygen atoms in total. The molecule has 1 unspecified atom stereocenters. The molecule has 7 aliphatic carbocycles. The Morgan fingerprint density at radius 3 is 1.42 bits per heavy atom. The van der Waals surface area contributed by atoms with Crippen LogP contribution in [0.4, 0.5) is 17.1 Å². The van der Waals surface area contributed by atoms with Gasteiger partial charge in [-0.3, -0.25) is 0 Å². The van der Waals surface area contributed by atoms with Crippen molar-refractivity contribution in [3.05, 3.63) is 270 Å². The van der Waals surface area contributed by atoms with Crippen molar-refractivity contribution in [3.63, 3.8) is 0 Å². The lowest BCUT2D eigenvalue weighted by Crippen LogP contribution is -2.55. The second kappa shape index (κ2) is 15.3. The molecule has 0 aliphatic heterocycles. The predicted octanol–water partition coefficient (Wildman–Crippen LogP) is 18.2. The maximum atomic E-state index is 2.69. The van der Waals surface area contributed by atoms with Gasteiger partial charge in [0.2, 0.25) is 0 Å². The Kier molecular flexibility index (Phi) is 8.62. The lowest BCUT2D eigenvalue weighted by Gasteiger charge is -2.61. The predicted molar refractivity (Wildman–Crippen MR) is 297 cm³/mol. The molecule has 4 fully saturated rings. The van der Waals surface area contributed by atoms with Gasteiger partial charge in [0.1, 0.15) is 0 Å². The summed E-state index contributed by atoms with van der Waals surface area (Å²) in [5.41, 5.74) is 27.2. The first-order chi connectivity index (χ1) is 35.7. The van der Waals surface area contributed by atoms with Crippen molar-refractivity contribution in [1.82, 2.24) is 0 Å². The lowest BCUT2D eigenvalue weighted by molar-refractivity contribution is -0.0399. The molecule has 7 aliphatic rings. The summed E-state index contributed by atoms with van der Waals surface area (Å²) in [6, 6.07) is 90.5. The van der Waals surface area contributed by atoms with Gasteiger partial charge in [-0.15, -0.1) is 0 Å². The van der Waals surface area contributed by atoms with E-state index in [0.29, 0.717) is 11.8 Å². The van der Waals surface area contributed by atoms with Gasteiger partial charge in [-0.25, -0.2) is 0 Å². The summed E-state index contributed by atoms with van der Waals surface area (Å²) >= 11 is 0. The highest BCUT2D eigenvalue weighted by atomic mass is 15.1. The van der Waals surface area contributed by atoms with Crippen LogP contribution < -0.4 is 4.90 Å². The molecule has 17 rings (SSSR count). The highest BCUT2D eigenvalue weighted by Crippen LogP contribution is 2.70. The first kappa shape index (κ1) is 40.7. The van der Waals surface area contributed by atoms with Crippen molar-refractivity contribution in [1.29, 1.82) is 0 Å². The van der Waals surface area contributed by atoms with E-state index in [-0.39, 0.29) is 5.41 Å². The molecule has 4 bridgehead atoms. The zero-order valence-corrected chi connectivity index (χ0v) is 40.3. The first-order valence-corrected chi connectivity index (χ1v) is 26.5. The van der Waals surface area contributed by atoms with Crippen LogP contribution in [0.25, 0.3) is 66.8 Å². The van der Waals surface area contributed by atoms with E-state index in [9.17, 15) is 0 Å². The third kappa shape index (κ3) is 5.49. The van der Waals surface area contributed by atoms with E-state index >= 15 is 0 Å². The molecular formula is C71H53N. The van der Waals surface area contributed by atoms with Gasteiger partial charge >= 0.3 is 0 Å². The first-order valence-electron chi connectivity index (χ1n) is 26.5. The molecular weight excluding hydrogens is 867 g/mol. The van der Waals surface area contributed by atoms with Crippen LogP contribution in [0.3, 0.4) is 0 Å². The van der Waals surface area contributed by atoms with Crippen LogP contribution in [-0.4, -0.2) is 0 Å². The smallest absolute Gasteiger partial charge is 0.0746 e. The Balaban J connectivity index is 0.961. The van der Waals surface area contributed by atoms with Gasteiger partial charge in [-0.1, -0.05) is 200 Å². The minimum atomic E-state index is -0.571. The van der Waals surface area contributed by atoms with Gasteiger partial charge in [0.05, 0.1) is 11.1 Å². The number of hydrogen-bond acceptors (Lipinski definition) is 1. The SMILES string of the molecule is c1ccc(-c2ccc(-c3cccc(N(c4ccc5c(c4)C4(c6ccccc6-5)C5CC6CC(C5)CC4C6)c4cccc5c4C4(c6ccccc6-c6ccc(-c7ccccc7)cc64)c4ccccc4-5)c3)cc2)cc1. The fourth-order valence-corrected chi connectivity index (χ4v) is 16.2. The summed E-state index contributed by atoms with van der Waals surface area (Å²) in [4.78, 5) is 2.67. The molecule has 0 heterocycles. The normalized spacial score (nSPS) is 22.8. The van der Waals surface area contributed by atoms with E-state index in [1.165, 1.54) is 138 Å². The summed E-state index contributed by atoms with van der Waals surface area (Å²) in [5.74, 6) is 3.10. The van der Waals surface area contributed by atoms with Crippen molar-refractivity contribution >= 4 is 17.1 Å². The molecule has 1 heteroatoms. The number of anilines is 3. The molecule has 0 amide bonds. The van der Waals surface area contributed by atoms with E-state index in [2.05, 4.69) is 241 Å². The molecule has 10 aromatic rings. The van der Waals surface area contributed by atoms with Crippen molar-refractivity contribution in [2.75, 3.05) is 4.90 Å². The molecule has 0 saturated heterocycles. The van der Waals surface area contributed by atoms with Crippen LogP contribution in [0.15, 0.2) is 237 Å². The Morgan fingerprint density at radius 1 is 0.292 bits per heavy atom. The minimum absolute atomic E-state index is 0.0383. The van der Waals surface area contributed by atoms with Gasteiger partial charge in [0.15, 0.2) is 0 Å². The van der Waals surface area contributed by atoms with Gasteiger partial charge in [0.25, 0.3) is 0 Å². The summed E-state index contributed by atoms with van der Waals surface area (Å²) in [5, 5.41) is 0. The molecule has 342 valence electrons. The zero-order chi connectivity index (χ0) is 47.1. The van der Waals surface area contributed by atoms with Crippen molar-refractivity contribution in [2.45, 2.75) is 42.9 Å². The average Bonchev–Trinajstić information content (AvgIpc) is 4.04. The molecule has 0 N–H and O–H groups in total. The molecule has 0 radical (unpaired) electrons. The maximum absolute atomic E-state index is 2.69. The highest BCUT2D eigenvalue weighted by Gasteiger charge is 2.62. The van der Waals surface area contributed by atoms with E-state index in [1.807, 2.05) is 0 Å². The van der Waals surface area contributed by atoms with Crippen LogP contribution in [-0.2, 0) is 10.8 Å². The van der Waals surface area contributed by atoms with Gasteiger partial charge in [0, 0.05) is 22.4 Å². The summed E-state index contributed by atoms with van der Waals surface area (Å²) in [6.45, 7) is 0. The van der Waals surface area contributed by atoms with Crippen LogP contribution in [0.5, 0.6) is 0 Å². The zero-order valence-electron chi connectivity index (χ0n) is 40.3. The third-order valence-corrected chi connectivity index (χ3v) is 18.7. The fourth-order valence-electron chi connectivity index (χ4n) is 16.2. The highest BCUT2D eigenvalue weighted by molar-refractivity contribution is 6.01. The van der Waals surface area contributed by atoms with E-state index < -0.39 is 5.41 Å². The topological polar surface area (TPSA) is 3.24 Å². The fraction of sp³-hybridized carbons (Fsp3) is 0.155. The number of nitrogens with zero attached hydrogens (tertiary/aromatic N) is 1. The van der Waals surface area contributed by atoms with Crippen molar-refractivity contribution < 1.29 is 0 Å². The van der Waals surface area contributed by atoms with E-state index in [1.54, 1.807) is 11.1 Å². The third-order valence-electron chi connectivity index (χ3n) is 18.7. The van der Waals surface area contributed by atoms with Gasteiger partial charge < -0.3 is 4.90 Å². The van der Waals surface area contributed by atoms with Crippen LogP contribution in [0.1, 0.15) is 65.5 Å². The minimum Gasteiger partial charge on any atom is -0.310 e. The standard InChI is InChI=1S/C71H53N/c1-3-15-47(16-4-1)49-29-31-50(32-30-49)51-19-13-20-55(42-51)72(56-34-36-61-57-21-7-10-25-63(57)70(67(61)44-56)53-38-45-37-46(40-53)41-54(70)39-45)68-28-14-24-62-59-23-9-12-27-65(59)71(69(62)68)64-26-11-8-22-58(64)60-35-33-52(43-66(60)71)48-17-5-2-6-18-48/h1-36,42-46,53-54H,37-41H2. The second-order valence-corrected chi connectivity index (χ2v) is 21.9. The van der Waals surface area contributed by atoms with Gasteiger partial charge in [-0.2, -0.15) is 0 Å². The van der Waals surface area contributed by atoms with Crippen LogP contribution in [0.2, 0.25) is 0 Å². The van der Waals surface area contributed by atoms with Crippen LogP contribution >= 0.6 is 0 Å². The molecule has 10 aromatic carbocycles. The summed E-state index contributed by atoms with van der Waals surface area (Å²) < 4.78 is 0. The number of hydrogen-bond donors (Lipinski definition) is 0. The average molecular weight is 920 g/mol. The Hall–Kier alpha value is -8.00.